The summed E-state index contributed by atoms with van der Waals surface area (Å²) < 4.78 is 1.92. The molecule has 0 aliphatic carbocycles. The van der Waals surface area contributed by atoms with Gasteiger partial charge >= 0.3 is 0 Å². The van der Waals surface area contributed by atoms with Crippen molar-refractivity contribution in [2.45, 2.75) is 32.9 Å². The van der Waals surface area contributed by atoms with Crippen molar-refractivity contribution in [3.63, 3.8) is 0 Å². The number of aromatic nitrogens is 2. The highest BCUT2D eigenvalue weighted by Gasteiger charge is 2.11. The molecule has 4 nitrogen and oxygen atoms in total. The Labute approximate surface area is 78.4 Å². The zero-order valence-corrected chi connectivity index (χ0v) is 8.20. The first kappa shape index (κ1) is 10.2. The summed E-state index contributed by atoms with van der Waals surface area (Å²) in [5.74, 6) is 0. The summed E-state index contributed by atoms with van der Waals surface area (Å²) in [7, 11) is 0. The van der Waals surface area contributed by atoms with Crippen LogP contribution < -0.4 is 5.73 Å². The minimum atomic E-state index is -0.300. The summed E-state index contributed by atoms with van der Waals surface area (Å²) in [5.41, 5.74) is 7.70. The van der Waals surface area contributed by atoms with E-state index in [-0.39, 0.29) is 12.6 Å². The molecule has 74 valence electrons. The Morgan fingerprint density at radius 2 is 2.38 bits per heavy atom. The third-order valence-electron chi connectivity index (χ3n) is 2.17. The molecule has 4 heteroatoms. The molecule has 0 saturated heterocycles. The monoisotopic (exact) mass is 183 g/mol. The van der Waals surface area contributed by atoms with Crippen molar-refractivity contribution < 1.29 is 5.11 Å². The van der Waals surface area contributed by atoms with E-state index >= 15 is 0 Å². The number of nitrogens with zero attached hydrogens (tertiary/aromatic N) is 2. The van der Waals surface area contributed by atoms with Crippen LogP contribution in [0.15, 0.2) is 6.20 Å². The Kier molecular flexibility index (Phi) is 3.45. The lowest BCUT2D eigenvalue weighted by Gasteiger charge is -2.07. The van der Waals surface area contributed by atoms with Gasteiger partial charge in [-0.15, -0.1) is 0 Å². The molecule has 0 fully saturated rings. The molecule has 0 aliphatic heterocycles. The van der Waals surface area contributed by atoms with Gasteiger partial charge in [0.25, 0.3) is 0 Å². The Bertz CT molecular complexity index is 270. The average Bonchev–Trinajstić information content (AvgIpc) is 2.48. The van der Waals surface area contributed by atoms with Crippen LogP contribution >= 0.6 is 0 Å². The Morgan fingerprint density at radius 1 is 1.69 bits per heavy atom. The number of aliphatic hydroxyl groups is 1. The molecule has 1 aromatic rings. The van der Waals surface area contributed by atoms with E-state index in [1.165, 1.54) is 0 Å². The largest absolute Gasteiger partial charge is 0.394 e. The molecule has 0 spiro atoms. The lowest BCUT2D eigenvalue weighted by Crippen LogP contribution is -2.15. The summed E-state index contributed by atoms with van der Waals surface area (Å²) in [6, 6.07) is -0.300. The van der Waals surface area contributed by atoms with Crippen LogP contribution in [0.25, 0.3) is 0 Å². The molecule has 0 aromatic carbocycles. The van der Waals surface area contributed by atoms with Gasteiger partial charge in [-0.3, -0.25) is 4.68 Å². The number of aliphatic hydroxyl groups excluding tert-OH is 1. The van der Waals surface area contributed by atoms with Crippen LogP contribution in [0, 0.1) is 6.92 Å². The highest BCUT2D eigenvalue weighted by molar-refractivity contribution is 5.20. The smallest absolute Gasteiger partial charge is 0.0625 e. The van der Waals surface area contributed by atoms with Gasteiger partial charge in [-0.25, -0.2) is 0 Å². The predicted octanol–water partition coefficient (Wildman–Crippen LogP) is 0.594. The quantitative estimate of drug-likeness (QED) is 0.718. The van der Waals surface area contributed by atoms with E-state index in [0.717, 1.165) is 24.2 Å². The van der Waals surface area contributed by atoms with Gasteiger partial charge in [0.2, 0.25) is 0 Å². The molecule has 13 heavy (non-hydrogen) atoms. The topological polar surface area (TPSA) is 64.1 Å². The molecule has 1 rings (SSSR count). The molecule has 0 amide bonds. The van der Waals surface area contributed by atoms with Crippen LogP contribution in [0.5, 0.6) is 0 Å². The highest BCUT2D eigenvalue weighted by atomic mass is 16.3. The van der Waals surface area contributed by atoms with Crippen LogP contribution in [0.1, 0.15) is 30.6 Å². The Morgan fingerprint density at radius 3 is 2.92 bits per heavy atom. The summed E-state index contributed by atoms with van der Waals surface area (Å²) in [4.78, 5) is 0. The van der Waals surface area contributed by atoms with Gasteiger partial charge in [-0.2, -0.15) is 5.10 Å². The number of hydrogen-bond acceptors (Lipinski definition) is 3. The molecule has 1 atom stereocenters. The first-order valence-electron chi connectivity index (χ1n) is 4.59. The van der Waals surface area contributed by atoms with Gasteiger partial charge in [0.15, 0.2) is 0 Å². The molecule has 1 aromatic heterocycles. The highest BCUT2D eigenvalue weighted by Crippen LogP contribution is 2.14. The second kappa shape index (κ2) is 4.39. The summed E-state index contributed by atoms with van der Waals surface area (Å²) in [5, 5.41) is 13.1. The van der Waals surface area contributed by atoms with E-state index in [9.17, 15) is 0 Å². The Hall–Kier alpha value is -0.870. The minimum absolute atomic E-state index is 0.0291. The van der Waals surface area contributed by atoms with Crippen LogP contribution in [0.2, 0.25) is 0 Å². The van der Waals surface area contributed by atoms with Gasteiger partial charge in [0.05, 0.1) is 18.8 Å². The first-order valence-corrected chi connectivity index (χ1v) is 4.59. The van der Waals surface area contributed by atoms with Crippen molar-refractivity contribution in [2.24, 2.45) is 5.73 Å². The van der Waals surface area contributed by atoms with E-state index in [2.05, 4.69) is 12.0 Å². The maximum atomic E-state index is 8.89. The normalized spacial score (nSPS) is 13.2. The SMILES string of the molecule is CCCn1ncc(C(N)CO)c1C. The van der Waals surface area contributed by atoms with Crippen molar-refractivity contribution >= 4 is 0 Å². The predicted molar refractivity (Wildman–Crippen MR) is 51.3 cm³/mol. The summed E-state index contributed by atoms with van der Waals surface area (Å²) >= 11 is 0. The third kappa shape index (κ3) is 2.08. The van der Waals surface area contributed by atoms with E-state index in [1.54, 1.807) is 6.20 Å². The van der Waals surface area contributed by atoms with Crippen molar-refractivity contribution in [1.29, 1.82) is 0 Å². The lowest BCUT2D eigenvalue weighted by molar-refractivity contribution is 0.267. The van der Waals surface area contributed by atoms with Crippen LogP contribution in [-0.2, 0) is 6.54 Å². The van der Waals surface area contributed by atoms with Gasteiger partial charge in [-0.1, -0.05) is 6.92 Å². The van der Waals surface area contributed by atoms with Crippen molar-refractivity contribution in [1.82, 2.24) is 9.78 Å². The van der Waals surface area contributed by atoms with Crippen molar-refractivity contribution in [3.8, 4) is 0 Å². The molecule has 3 N–H and O–H groups in total. The second-order valence-electron chi connectivity index (χ2n) is 3.20. The maximum Gasteiger partial charge on any atom is 0.0625 e. The van der Waals surface area contributed by atoms with E-state index in [0.29, 0.717) is 0 Å². The van der Waals surface area contributed by atoms with Gasteiger partial charge in [0.1, 0.15) is 0 Å². The lowest BCUT2D eigenvalue weighted by atomic mass is 10.1. The third-order valence-corrected chi connectivity index (χ3v) is 2.17. The maximum absolute atomic E-state index is 8.89. The average molecular weight is 183 g/mol. The summed E-state index contributed by atoms with van der Waals surface area (Å²) in [6.45, 7) is 4.96. The molecular formula is C9H17N3O. The van der Waals surface area contributed by atoms with Crippen molar-refractivity contribution in [2.75, 3.05) is 6.61 Å². The first-order chi connectivity index (χ1) is 6.20. The molecule has 0 saturated carbocycles. The number of hydrogen-bond donors (Lipinski definition) is 2. The molecule has 0 radical (unpaired) electrons. The molecule has 1 heterocycles. The Balaban J connectivity index is 2.85. The number of aryl methyl sites for hydroxylation is 1. The van der Waals surface area contributed by atoms with Gasteiger partial charge in [-0.05, 0) is 13.3 Å². The fourth-order valence-electron chi connectivity index (χ4n) is 1.36. The van der Waals surface area contributed by atoms with E-state index in [4.69, 9.17) is 10.8 Å². The van der Waals surface area contributed by atoms with Crippen LogP contribution in [0.4, 0.5) is 0 Å². The molecule has 0 bridgehead atoms. The fourth-order valence-corrected chi connectivity index (χ4v) is 1.36. The number of nitrogens with two attached hydrogens (primary N) is 1. The molecular weight excluding hydrogens is 166 g/mol. The zero-order valence-electron chi connectivity index (χ0n) is 8.20. The molecule has 1 unspecified atom stereocenters. The fraction of sp³-hybridized carbons (Fsp3) is 0.667. The van der Waals surface area contributed by atoms with E-state index in [1.807, 2.05) is 11.6 Å². The van der Waals surface area contributed by atoms with E-state index < -0.39 is 0 Å². The van der Waals surface area contributed by atoms with Gasteiger partial charge < -0.3 is 10.8 Å². The zero-order chi connectivity index (χ0) is 9.84. The van der Waals surface area contributed by atoms with Crippen molar-refractivity contribution in [3.05, 3.63) is 17.5 Å². The molecule has 0 aliphatic rings. The second-order valence-corrected chi connectivity index (χ2v) is 3.20. The standard InChI is InChI=1S/C9H17N3O/c1-3-4-12-7(2)8(5-11-12)9(10)6-13/h5,9,13H,3-4,6,10H2,1-2H3. The van der Waals surface area contributed by atoms with Crippen LogP contribution in [-0.4, -0.2) is 21.5 Å². The van der Waals surface area contributed by atoms with Gasteiger partial charge in [0, 0.05) is 17.8 Å². The number of rotatable bonds is 4. The van der Waals surface area contributed by atoms with Crippen LogP contribution in [0.3, 0.4) is 0 Å². The summed E-state index contributed by atoms with van der Waals surface area (Å²) in [6.07, 6.45) is 2.79. The minimum Gasteiger partial charge on any atom is -0.394 e.